The van der Waals surface area contributed by atoms with Crippen molar-refractivity contribution < 1.29 is 19.4 Å². The first-order chi connectivity index (χ1) is 10.1. The molecule has 0 fully saturated rings. The Morgan fingerprint density at radius 3 is 3.05 bits per heavy atom. The van der Waals surface area contributed by atoms with Crippen molar-refractivity contribution >= 4 is 17.6 Å². The van der Waals surface area contributed by atoms with E-state index in [2.05, 4.69) is 10.6 Å². The van der Waals surface area contributed by atoms with E-state index in [-0.39, 0.29) is 25.0 Å². The molecule has 0 saturated heterocycles. The van der Waals surface area contributed by atoms with Gasteiger partial charge in [0.1, 0.15) is 5.75 Å². The number of carboxylic acids is 1. The number of carboxylic acid groups (broad SMARTS) is 1. The van der Waals surface area contributed by atoms with Crippen molar-refractivity contribution in [3.05, 3.63) is 23.8 Å². The van der Waals surface area contributed by atoms with Crippen LogP contribution in [-0.2, 0) is 16.0 Å². The maximum absolute atomic E-state index is 11.3. The molecule has 0 saturated carbocycles. The van der Waals surface area contributed by atoms with Gasteiger partial charge in [0.05, 0.1) is 12.1 Å². The van der Waals surface area contributed by atoms with Crippen LogP contribution in [-0.4, -0.2) is 36.2 Å². The summed E-state index contributed by atoms with van der Waals surface area (Å²) in [7, 11) is 0. The predicted octanol–water partition coefficient (Wildman–Crippen LogP) is 1.40. The highest BCUT2D eigenvalue weighted by Gasteiger charge is 2.18. The minimum atomic E-state index is -0.821. The third kappa shape index (κ3) is 4.46. The number of hydrogen-bond acceptors (Lipinski definition) is 4. The van der Waals surface area contributed by atoms with Gasteiger partial charge in [-0.1, -0.05) is 13.0 Å². The minimum absolute atomic E-state index is 0.0338. The number of benzene rings is 1. The van der Waals surface area contributed by atoms with Gasteiger partial charge in [-0.05, 0) is 37.1 Å². The van der Waals surface area contributed by atoms with E-state index in [9.17, 15) is 9.59 Å². The average Bonchev–Trinajstić information content (AvgIpc) is 2.43. The van der Waals surface area contributed by atoms with E-state index in [0.29, 0.717) is 17.9 Å². The fourth-order valence-electron chi connectivity index (χ4n) is 2.32. The summed E-state index contributed by atoms with van der Waals surface area (Å²) in [5.41, 5.74) is 1.61. The van der Waals surface area contributed by atoms with E-state index in [4.69, 9.17) is 9.84 Å². The summed E-state index contributed by atoms with van der Waals surface area (Å²) in [4.78, 5) is 22.2. The number of hydrogen-bond donors (Lipinski definition) is 3. The summed E-state index contributed by atoms with van der Waals surface area (Å²) < 4.78 is 5.30. The number of anilines is 1. The standard InChI is InChI=1S/C15H20N2O4/c1-2-5-16-11(8-15(19)20)6-10-3-4-13-12(7-10)17-14(18)9-21-13/h3-4,7,11,16H,2,5-6,8-9H2,1H3,(H,17,18)(H,19,20). The molecule has 1 aromatic rings. The van der Waals surface area contributed by atoms with Crippen molar-refractivity contribution in [1.82, 2.24) is 5.32 Å². The summed E-state index contributed by atoms with van der Waals surface area (Å²) in [6.07, 6.45) is 1.61. The van der Waals surface area contributed by atoms with Crippen LogP contribution in [0.15, 0.2) is 18.2 Å². The smallest absolute Gasteiger partial charge is 0.304 e. The third-order valence-electron chi connectivity index (χ3n) is 3.26. The molecule has 1 aliphatic heterocycles. The minimum Gasteiger partial charge on any atom is -0.482 e. The molecule has 0 radical (unpaired) electrons. The second kappa shape index (κ2) is 7.08. The van der Waals surface area contributed by atoms with Gasteiger partial charge in [0.2, 0.25) is 0 Å². The van der Waals surface area contributed by atoms with E-state index < -0.39 is 5.97 Å². The van der Waals surface area contributed by atoms with Crippen molar-refractivity contribution in [1.29, 1.82) is 0 Å². The molecule has 0 spiro atoms. The number of nitrogens with one attached hydrogen (secondary N) is 2. The lowest BCUT2D eigenvalue weighted by atomic mass is 10.0. The monoisotopic (exact) mass is 292 g/mol. The Morgan fingerprint density at radius 2 is 2.33 bits per heavy atom. The fourth-order valence-corrected chi connectivity index (χ4v) is 2.32. The van der Waals surface area contributed by atoms with Gasteiger partial charge in [0.25, 0.3) is 5.91 Å². The van der Waals surface area contributed by atoms with Gasteiger partial charge in [0, 0.05) is 6.04 Å². The van der Waals surface area contributed by atoms with Crippen molar-refractivity contribution in [3.8, 4) is 5.75 Å². The van der Waals surface area contributed by atoms with Gasteiger partial charge in [0.15, 0.2) is 6.61 Å². The van der Waals surface area contributed by atoms with E-state index in [1.165, 1.54) is 0 Å². The zero-order chi connectivity index (χ0) is 15.2. The molecular formula is C15H20N2O4. The molecule has 1 aromatic carbocycles. The van der Waals surface area contributed by atoms with E-state index in [1.54, 1.807) is 0 Å². The van der Waals surface area contributed by atoms with Gasteiger partial charge < -0.3 is 20.5 Å². The lowest BCUT2D eigenvalue weighted by Crippen LogP contribution is -2.34. The second-order valence-corrected chi connectivity index (χ2v) is 5.12. The van der Waals surface area contributed by atoms with E-state index >= 15 is 0 Å². The number of amides is 1. The molecule has 2 rings (SSSR count). The lowest BCUT2D eigenvalue weighted by molar-refractivity contribution is -0.137. The zero-order valence-corrected chi connectivity index (χ0v) is 12.0. The molecule has 114 valence electrons. The molecular weight excluding hydrogens is 272 g/mol. The van der Waals surface area contributed by atoms with E-state index in [0.717, 1.165) is 18.5 Å². The van der Waals surface area contributed by atoms with Crippen LogP contribution in [0, 0.1) is 0 Å². The molecule has 0 bridgehead atoms. The van der Waals surface area contributed by atoms with Crippen LogP contribution < -0.4 is 15.4 Å². The highest BCUT2D eigenvalue weighted by molar-refractivity contribution is 5.95. The number of aliphatic carboxylic acids is 1. The first-order valence-corrected chi connectivity index (χ1v) is 7.09. The zero-order valence-electron chi connectivity index (χ0n) is 12.0. The molecule has 6 heteroatoms. The molecule has 0 aliphatic carbocycles. The Labute approximate surface area is 123 Å². The molecule has 1 unspecified atom stereocenters. The molecule has 1 atom stereocenters. The largest absolute Gasteiger partial charge is 0.482 e. The van der Waals surface area contributed by atoms with Crippen LogP contribution in [0.1, 0.15) is 25.3 Å². The number of ether oxygens (including phenoxy) is 1. The number of carbonyl (C=O) groups is 2. The van der Waals surface area contributed by atoms with Gasteiger partial charge in [-0.15, -0.1) is 0 Å². The van der Waals surface area contributed by atoms with Crippen molar-refractivity contribution in [2.24, 2.45) is 0 Å². The van der Waals surface area contributed by atoms with Crippen molar-refractivity contribution in [2.45, 2.75) is 32.2 Å². The van der Waals surface area contributed by atoms with Gasteiger partial charge in [-0.25, -0.2) is 0 Å². The number of rotatable bonds is 7. The molecule has 6 nitrogen and oxygen atoms in total. The average molecular weight is 292 g/mol. The molecule has 0 aromatic heterocycles. The highest BCUT2D eigenvalue weighted by atomic mass is 16.5. The van der Waals surface area contributed by atoms with E-state index in [1.807, 2.05) is 25.1 Å². The Bertz CT molecular complexity index is 530. The maximum atomic E-state index is 11.3. The Kier molecular flexibility index (Phi) is 5.16. The Morgan fingerprint density at radius 1 is 1.52 bits per heavy atom. The van der Waals surface area contributed by atoms with Crippen LogP contribution >= 0.6 is 0 Å². The maximum Gasteiger partial charge on any atom is 0.304 e. The first-order valence-electron chi connectivity index (χ1n) is 7.09. The molecule has 21 heavy (non-hydrogen) atoms. The van der Waals surface area contributed by atoms with Crippen molar-refractivity contribution in [2.75, 3.05) is 18.5 Å². The topological polar surface area (TPSA) is 87.7 Å². The van der Waals surface area contributed by atoms with Crippen molar-refractivity contribution in [3.63, 3.8) is 0 Å². The quantitative estimate of drug-likeness (QED) is 0.707. The Hall–Kier alpha value is -2.08. The summed E-state index contributed by atoms with van der Waals surface area (Å²) in [5, 5.41) is 15.0. The van der Waals surface area contributed by atoms with Crippen LogP contribution in [0.4, 0.5) is 5.69 Å². The number of carbonyl (C=O) groups excluding carboxylic acids is 1. The predicted molar refractivity (Wildman–Crippen MR) is 78.6 cm³/mol. The first kappa shape index (κ1) is 15.3. The molecule has 1 amide bonds. The Balaban J connectivity index is 2.07. The van der Waals surface area contributed by atoms with Crippen LogP contribution in [0.5, 0.6) is 5.75 Å². The molecule has 1 aliphatic rings. The molecule has 3 N–H and O–H groups in total. The van der Waals surface area contributed by atoms with Gasteiger partial charge >= 0.3 is 5.97 Å². The molecule has 1 heterocycles. The van der Waals surface area contributed by atoms with Crippen LogP contribution in [0.3, 0.4) is 0 Å². The highest BCUT2D eigenvalue weighted by Crippen LogP contribution is 2.28. The fraction of sp³-hybridized carbons (Fsp3) is 0.467. The summed E-state index contributed by atoms with van der Waals surface area (Å²) in [6, 6.07) is 5.43. The van der Waals surface area contributed by atoms with Crippen LogP contribution in [0.25, 0.3) is 0 Å². The number of fused-ring (bicyclic) bond motifs is 1. The normalized spacial score (nSPS) is 14.8. The summed E-state index contributed by atoms with van der Waals surface area (Å²) in [5.74, 6) is -0.348. The summed E-state index contributed by atoms with van der Waals surface area (Å²) >= 11 is 0. The lowest BCUT2D eigenvalue weighted by Gasteiger charge is -2.20. The summed E-state index contributed by atoms with van der Waals surface area (Å²) in [6.45, 7) is 2.85. The third-order valence-corrected chi connectivity index (χ3v) is 3.26. The van der Waals surface area contributed by atoms with Gasteiger partial charge in [-0.2, -0.15) is 0 Å². The van der Waals surface area contributed by atoms with Gasteiger partial charge in [-0.3, -0.25) is 9.59 Å². The SMILES string of the molecule is CCCNC(CC(=O)O)Cc1ccc2c(c1)NC(=O)CO2. The van der Waals surface area contributed by atoms with Crippen LogP contribution in [0.2, 0.25) is 0 Å². The second-order valence-electron chi connectivity index (χ2n) is 5.12.